The number of aromatic amines is 1. The number of rotatable bonds is 2. The summed E-state index contributed by atoms with van der Waals surface area (Å²) < 4.78 is 6.02. The molecule has 1 saturated carbocycles. The molecule has 0 aromatic carbocycles. The molecule has 1 aliphatic heterocycles. The van der Waals surface area contributed by atoms with Gasteiger partial charge in [0, 0.05) is 11.9 Å². The van der Waals surface area contributed by atoms with Crippen molar-refractivity contribution in [1.82, 2.24) is 15.4 Å². The van der Waals surface area contributed by atoms with E-state index in [0.717, 1.165) is 18.1 Å². The SMILES string of the molecule is c1n[nH]nc1S[C@H]1CCOC2(CCCC2)C1. The van der Waals surface area contributed by atoms with Crippen LogP contribution in [0.4, 0.5) is 0 Å². The first-order valence-corrected chi connectivity index (χ1v) is 6.91. The first-order valence-electron chi connectivity index (χ1n) is 6.03. The maximum absolute atomic E-state index is 6.02. The highest BCUT2D eigenvalue weighted by atomic mass is 32.2. The monoisotopic (exact) mass is 239 g/mol. The number of thioether (sulfide) groups is 1. The molecule has 1 spiro atoms. The first kappa shape index (κ1) is 10.6. The van der Waals surface area contributed by atoms with Crippen LogP contribution in [0, 0.1) is 0 Å². The van der Waals surface area contributed by atoms with Gasteiger partial charge in [-0.15, -0.1) is 5.10 Å². The normalized spacial score (nSPS) is 28.6. The zero-order valence-electron chi connectivity index (χ0n) is 9.32. The molecule has 5 heteroatoms. The molecule has 16 heavy (non-hydrogen) atoms. The highest BCUT2D eigenvalue weighted by Gasteiger charge is 2.40. The Balaban J connectivity index is 1.63. The zero-order valence-corrected chi connectivity index (χ0v) is 10.1. The molecule has 3 rings (SSSR count). The molecule has 1 N–H and O–H groups in total. The van der Waals surface area contributed by atoms with Crippen molar-refractivity contribution in [1.29, 1.82) is 0 Å². The summed E-state index contributed by atoms with van der Waals surface area (Å²) >= 11 is 1.85. The van der Waals surface area contributed by atoms with Gasteiger partial charge in [0.1, 0.15) is 5.03 Å². The summed E-state index contributed by atoms with van der Waals surface area (Å²) in [7, 11) is 0. The minimum absolute atomic E-state index is 0.208. The molecule has 1 aromatic rings. The second-order valence-electron chi connectivity index (χ2n) is 4.78. The molecule has 0 amide bonds. The van der Waals surface area contributed by atoms with Crippen LogP contribution in [0.2, 0.25) is 0 Å². The van der Waals surface area contributed by atoms with E-state index in [4.69, 9.17) is 4.74 Å². The minimum Gasteiger partial charge on any atom is -0.375 e. The Morgan fingerprint density at radius 1 is 1.44 bits per heavy atom. The number of nitrogens with one attached hydrogen (secondary N) is 1. The average Bonchev–Trinajstić information content (AvgIpc) is 2.91. The Labute approximate surface area is 99.5 Å². The number of hydrogen-bond donors (Lipinski definition) is 1. The number of nitrogens with zero attached hydrogens (tertiary/aromatic N) is 2. The Morgan fingerprint density at radius 2 is 2.31 bits per heavy atom. The van der Waals surface area contributed by atoms with Crippen molar-refractivity contribution in [2.75, 3.05) is 6.61 Å². The lowest BCUT2D eigenvalue weighted by molar-refractivity contribution is -0.0704. The zero-order chi connectivity index (χ0) is 10.8. The largest absolute Gasteiger partial charge is 0.375 e. The van der Waals surface area contributed by atoms with E-state index in [9.17, 15) is 0 Å². The maximum Gasteiger partial charge on any atom is 0.138 e. The van der Waals surface area contributed by atoms with E-state index in [0.29, 0.717) is 5.25 Å². The van der Waals surface area contributed by atoms with Gasteiger partial charge in [0.2, 0.25) is 0 Å². The van der Waals surface area contributed by atoms with Gasteiger partial charge in [0.25, 0.3) is 0 Å². The van der Waals surface area contributed by atoms with E-state index in [1.165, 1.54) is 32.1 Å². The van der Waals surface area contributed by atoms with Crippen LogP contribution >= 0.6 is 11.8 Å². The van der Waals surface area contributed by atoms with Crippen molar-refractivity contribution in [3.05, 3.63) is 6.20 Å². The van der Waals surface area contributed by atoms with Crippen LogP contribution in [-0.4, -0.2) is 32.9 Å². The summed E-state index contributed by atoms with van der Waals surface area (Å²) in [4.78, 5) is 0. The van der Waals surface area contributed by atoms with Crippen molar-refractivity contribution in [3.8, 4) is 0 Å². The predicted octanol–water partition coefficient (Wildman–Crippen LogP) is 2.39. The molecule has 2 fully saturated rings. The maximum atomic E-state index is 6.02. The van der Waals surface area contributed by atoms with Gasteiger partial charge in [-0.05, 0) is 25.7 Å². The summed E-state index contributed by atoms with van der Waals surface area (Å²) in [5.74, 6) is 0. The van der Waals surface area contributed by atoms with Gasteiger partial charge in [-0.2, -0.15) is 10.3 Å². The topological polar surface area (TPSA) is 50.8 Å². The van der Waals surface area contributed by atoms with E-state index < -0.39 is 0 Å². The van der Waals surface area contributed by atoms with Crippen molar-refractivity contribution < 1.29 is 4.74 Å². The molecule has 88 valence electrons. The lowest BCUT2D eigenvalue weighted by Crippen LogP contribution is -2.38. The molecule has 2 heterocycles. The Kier molecular flexibility index (Phi) is 2.90. The lowest BCUT2D eigenvalue weighted by atomic mass is 9.92. The Bertz CT molecular complexity index is 335. The lowest BCUT2D eigenvalue weighted by Gasteiger charge is -2.37. The molecule has 1 aromatic heterocycles. The molecule has 1 aliphatic carbocycles. The second kappa shape index (κ2) is 4.37. The highest BCUT2D eigenvalue weighted by molar-refractivity contribution is 7.99. The van der Waals surface area contributed by atoms with Crippen LogP contribution in [0.15, 0.2) is 11.2 Å². The van der Waals surface area contributed by atoms with Gasteiger partial charge in [-0.3, -0.25) is 0 Å². The smallest absolute Gasteiger partial charge is 0.138 e. The Morgan fingerprint density at radius 3 is 3.06 bits per heavy atom. The second-order valence-corrected chi connectivity index (χ2v) is 6.10. The van der Waals surface area contributed by atoms with Crippen LogP contribution in [0.3, 0.4) is 0 Å². The van der Waals surface area contributed by atoms with Crippen LogP contribution in [-0.2, 0) is 4.74 Å². The van der Waals surface area contributed by atoms with Gasteiger partial charge in [0.15, 0.2) is 0 Å². The average molecular weight is 239 g/mol. The first-order chi connectivity index (χ1) is 7.86. The van der Waals surface area contributed by atoms with Crippen molar-refractivity contribution in [3.63, 3.8) is 0 Å². The van der Waals surface area contributed by atoms with Crippen molar-refractivity contribution >= 4 is 11.8 Å². The van der Waals surface area contributed by atoms with E-state index in [1.807, 2.05) is 11.8 Å². The van der Waals surface area contributed by atoms with E-state index in [2.05, 4.69) is 15.4 Å². The summed E-state index contributed by atoms with van der Waals surface area (Å²) in [5, 5.41) is 12.3. The highest BCUT2D eigenvalue weighted by Crippen LogP contribution is 2.43. The molecular formula is C11H17N3OS. The number of aromatic nitrogens is 3. The predicted molar refractivity (Wildman–Crippen MR) is 62.4 cm³/mol. The van der Waals surface area contributed by atoms with Crippen molar-refractivity contribution in [2.24, 2.45) is 0 Å². The van der Waals surface area contributed by atoms with E-state index in [1.54, 1.807) is 6.20 Å². The van der Waals surface area contributed by atoms with Crippen LogP contribution in [0.1, 0.15) is 38.5 Å². The quantitative estimate of drug-likeness (QED) is 0.861. The van der Waals surface area contributed by atoms with Gasteiger partial charge in [-0.1, -0.05) is 24.6 Å². The molecular weight excluding hydrogens is 222 g/mol. The third kappa shape index (κ3) is 2.11. The van der Waals surface area contributed by atoms with Crippen LogP contribution in [0.25, 0.3) is 0 Å². The van der Waals surface area contributed by atoms with Gasteiger partial charge in [-0.25, -0.2) is 0 Å². The van der Waals surface area contributed by atoms with E-state index >= 15 is 0 Å². The van der Waals surface area contributed by atoms with E-state index in [-0.39, 0.29) is 5.60 Å². The number of H-pyrrole nitrogens is 1. The third-order valence-electron chi connectivity index (χ3n) is 3.64. The fourth-order valence-electron chi connectivity index (χ4n) is 2.87. The third-order valence-corrected chi connectivity index (χ3v) is 4.82. The number of hydrogen-bond acceptors (Lipinski definition) is 4. The fraction of sp³-hybridized carbons (Fsp3) is 0.818. The van der Waals surface area contributed by atoms with Gasteiger partial charge in [0.05, 0.1) is 11.8 Å². The summed E-state index contributed by atoms with van der Waals surface area (Å²) in [6.45, 7) is 0.912. The molecule has 4 nitrogen and oxygen atoms in total. The summed E-state index contributed by atoms with van der Waals surface area (Å²) in [6, 6.07) is 0. The molecule has 0 bridgehead atoms. The summed E-state index contributed by atoms with van der Waals surface area (Å²) in [6.07, 6.45) is 9.31. The molecule has 1 saturated heterocycles. The van der Waals surface area contributed by atoms with Gasteiger partial charge >= 0.3 is 0 Å². The van der Waals surface area contributed by atoms with Gasteiger partial charge < -0.3 is 4.74 Å². The molecule has 0 radical (unpaired) electrons. The minimum atomic E-state index is 0.208. The molecule has 2 aliphatic rings. The van der Waals surface area contributed by atoms with Crippen molar-refractivity contribution in [2.45, 2.75) is 54.4 Å². The fourth-order valence-corrected chi connectivity index (χ4v) is 4.02. The van der Waals surface area contributed by atoms with Crippen LogP contribution in [0.5, 0.6) is 0 Å². The molecule has 0 unspecified atom stereocenters. The molecule has 1 atom stereocenters. The number of ether oxygens (including phenoxy) is 1. The standard InChI is InChI=1S/C11H17N3OS/c1-2-5-11(4-1)7-9(3-6-15-11)16-10-8-12-14-13-10/h8-9H,1-7H2,(H,12,13,14)/t9-/m0/s1. The summed E-state index contributed by atoms with van der Waals surface area (Å²) in [5.41, 5.74) is 0.208. The van der Waals surface area contributed by atoms with Crippen LogP contribution < -0.4 is 0 Å². The Hall–Kier alpha value is -0.550.